The number of hydrogen-bond donors (Lipinski definition) is 1. The maximum Gasteiger partial charge on any atom is 0.127 e. The molecule has 1 heterocycles. The number of nitrogens with zero attached hydrogens (tertiary/aromatic N) is 2. The van der Waals surface area contributed by atoms with Crippen molar-refractivity contribution >= 4 is 11.6 Å². The summed E-state index contributed by atoms with van der Waals surface area (Å²) in [6.45, 7) is 2.87. The van der Waals surface area contributed by atoms with Gasteiger partial charge in [-0.25, -0.2) is 4.39 Å². The highest BCUT2D eigenvalue weighted by molar-refractivity contribution is 6.31. The van der Waals surface area contributed by atoms with Crippen LogP contribution in [0.1, 0.15) is 18.1 Å². The number of halogens is 2. The zero-order valence-electron chi connectivity index (χ0n) is 11.7. The third-order valence-corrected chi connectivity index (χ3v) is 3.60. The standard InChI is InChI=1S/C15H19ClFN3/c1-3-18-12(7-11-9-19-20(2)10-11)8-13-14(16)5-4-6-15(13)17/h4-6,9-10,12,18H,3,7-8H2,1-2H3. The van der Waals surface area contributed by atoms with Crippen molar-refractivity contribution in [1.29, 1.82) is 0 Å². The molecule has 0 saturated heterocycles. The van der Waals surface area contributed by atoms with Crippen LogP contribution in [0, 0.1) is 5.82 Å². The van der Waals surface area contributed by atoms with Crippen molar-refractivity contribution in [2.75, 3.05) is 6.54 Å². The first-order chi connectivity index (χ1) is 9.60. The summed E-state index contributed by atoms with van der Waals surface area (Å²) >= 11 is 6.10. The Morgan fingerprint density at radius 1 is 1.40 bits per heavy atom. The molecule has 0 radical (unpaired) electrons. The second-order valence-electron chi connectivity index (χ2n) is 4.89. The first-order valence-electron chi connectivity index (χ1n) is 6.74. The minimum atomic E-state index is -0.244. The summed E-state index contributed by atoms with van der Waals surface area (Å²) in [5.74, 6) is -0.244. The van der Waals surface area contributed by atoms with Gasteiger partial charge in [0, 0.05) is 29.9 Å². The Morgan fingerprint density at radius 2 is 2.20 bits per heavy atom. The molecule has 108 valence electrons. The molecule has 1 N–H and O–H groups in total. The molecule has 2 aromatic rings. The summed E-state index contributed by atoms with van der Waals surface area (Å²) < 4.78 is 15.6. The van der Waals surface area contributed by atoms with E-state index < -0.39 is 0 Å². The Bertz CT molecular complexity index is 548. The van der Waals surface area contributed by atoms with E-state index >= 15 is 0 Å². The fourth-order valence-electron chi connectivity index (χ4n) is 2.34. The maximum atomic E-state index is 13.9. The van der Waals surface area contributed by atoms with E-state index in [1.54, 1.807) is 16.8 Å². The highest BCUT2D eigenvalue weighted by Crippen LogP contribution is 2.21. The Balaban J connectivity index is 2.13. The molecule has 20 heavy (non-hydrogen) atoms. The lowest BCUT2D eigenvalue weighted by Crippen LogP contribution is -2.33. The van der Waals surface area contributed by atoms with Crippen LogP contribution in [0.3, 0.4) is 0 Å². The minimum Gasteiger partial charge on any atom is -0.314 e. The molecule has 0 saturated carbocycles. The molecule has 2 rings (SSSR count). The first kappa shape index (κ1) is 15.0. The summed E-state index contributed by atoms with van der Waals surface area (Å²) in [5.41, 5.74) is 1.70. The predicted molar refractivity (Wildman–Crippen MR) is 79.5 cm³/mol. The predicted octanol–water partition coefficient (Wildman–Crippen LogP) is 2.98. The lowest BCUT2D eigenvalue weighted by atomic mass is 10.00. The van der Waals surface area contributed by atoms with Crippen molar-refractivity contribution < 1.29 is 4.39 Å². The van der Waals surface area contributed by atoms with Crippen molar-refractivity contribution in [3.8, 4) is 0 Å². The molecule has 0 fully saturated rings. The fraction of sp³-hybridized carbons (Fsp3) is 0.400. The lowest BCUT2D eigenvalue weighted by Gasteiger charge is -2.18. The second kappa shape index (κ2) is 6.86. The van der Waals surface area contributed by atoms with Crippen LogP contribution in [-0.4, -0.2) is 22.4 Å². The molecule has 0 amide bonds. The smallest absolute Gasteiger partial charge is 0.127 e. The quantitative estimate of drug-likeness (QED) is 0.888. The summed E-state index contributed by atoms with van der Waals surface area (Å²) in [7, 11) is 1.89. The Labute approximate surface area is 123 Å². The first-order valence-corrected chi connectivity index (χ1v) is 7.11. The molecule has 1 aromatic carbocycles. The highest BCUT2D eigenvalue weighted by Gasteiger charge is 2.15. The van der Waals surface area contributed by atoms with Crippen LogP contribution in [0.25, 0.3) is 0 Å². The van der Waals surface area contributed by atoms with Gasteiger partial charge in [0.1, 0.15) is 5.82 Å². The highest BCUT2D eigenvalue weighted by atomic mass is 35.5. The zero-order valence-corrected chi connectivity index (χ0v) is 12.5. The third-order valence-electron chi connectivity index (χ3n) is 3.25. The molecule has 0 aliphatic carbocycles. The monoisotopic (exact) mass is 295 g/mol. The Kier molecular flexibility index (Phi) is 5.15. The Hall–Kier alpha value is -1.39. The largest absolute Gasteiger partial charge is 0.314 e. The molecule has 1 unspecified atom stereocenters. The molecule has 0 bridgehead atoms. The number of hydrogen-bond acceptors (Lipinski definition) is 2. The molecule has 3 nitrogen and oxygen atoms in total. The van der Waals surface area contributed by atoms with Crippen molar-refractivity contribution in [3.05, 3.63) is 52.6 Å². The van der Waals surface area contributed by atoms with Gasteiger partial charge in [-0.05, 0) is 37.1 Å². The van der Waals surface area contributed by atoms with Crippen LogP contribution < -0.4 is 5.32 Å². The van der Waals surface area contributed by atoms with Gasteiger partial charge in [-0.3, -0.25) is 4.68 Å². The van der Waals surface area contributed by atoms with Gasteiger partial charge in [-0.15, -0.1) is 0 Å². The summed E-state index contributed by atoms with van der Waals surface area (Å²) in [5, 5.41) is 8.03. The molecule has 1 aromatic heterocycles. The van der Waals surface area contributed by atoms with E-state index in [0.717, 1.165) is 18.5 Å². The normalized spacial score (nSPS) is 12.6. The minimum absolute atomic E-state index is 0.138. The average molecular weight is 296 g/mol. The molecular formula is C15H19ClFN3. The number of aryl methyl sites for hydroxylation is 1. The molecule has 0 spiro atoms. The van der Waals surface area contributed by atoms with Crippen LogP contribution in [0.4, 0.5) is 4.39 Å². The van der Waals surface area contributed by atoms with Gasteiger partial charge in [0.25, 0.3) is 0 Å². The fourth-order valence-corrected chi connectivity index (χ4v) is 2.58. The van der Waals surface area contributed by atoms with Crippen molar-refractivity contribution in [3.63, 3.8) is 0 Å². The summed E-state index contributed by atoms with van der Waals surface area (Å²) in [4.78, 5) is 0. The van der Waals surface area contributed by atoms with Crippen molar-refractivity contribution in [2.45, 2.75) is 25.8 Å². The number of nitrogens with one attached hydrogen (secondary N) is 1. The summed E-state index contributed by atoms with van der Waals surface area (Å²) in [6.07, 6.45) is 5.18. The molecular weight excluding hydrogens is 277 g/mol. The number of benzene rings is 1. The van der Waals surface area contributed by atoms with Gasteiger partial charge in [-0.2, -0.15) is 5.10 Å². The SMILES string of the molecule is CCNC(Cc1cnn(C)c1)Cc1c(F)cccc1Cl. The van der Waals surface area contributed by atoms with E-state index in [1.165, 1.54) is 6.07 Å². The van der Waals surface area contributed by atoms with Gasteiger partial charge in [0.2, 0.25) is 0 Å². The molecule has 1 atom stereocenters. The molecule has 0 aliphatic heterocycles. The van der Waals surface area contributed by atoms with E-state index in [4.69, 9.17) is 11.6 Å². The van der Waals surface area contributed by atoms with Crippen LogP contribution in [0.5, 0.6) is 0 Å². The van der Waals surface area contributed by atoms with Crippen molar-refractivity contribution in [1.82, 2.24) is 15.1 Å². The van der Waals surface area contributed by atoms with Crippen LogP contribution >= 0.6 is 11.6 Å². The van der Waals surface area contributed by atoms with Crippen LogP contribution in [0.15, 0.2) is 30.6 Å². The summed E-state index contributed by atoms with van der Waals surface area (Å²) in [6, 6.07) is 4.95. The third kappa shape index (κ3) is 3.81. The molecule has 0 aliphatic rings. The topological polar surface area (TPSA) is 29.9 Å². The lowest BCUT2D eigenvalue weighted by molar-refractivity contribution is 0.506. The number of aromatic nitrogens is 2. The van der Waals surface area contributed by atoms with Gasteiger partial charge < -0.3 is 5.32 Å². The second-order valence-corrected chi connectivity index (χ2v) is 5.29. The van der Waals surface area contributed by atoms with Crippen LogP contribution in [-0.2, 0) is 19.9 Å². The van der Waals surface area contributed by atoms with Crippen molar-refractivity contribution in [2.24, 2.45) is 7.05 Å². The van der Waals surface area contributed by atoms with Gasteiger partial charge in [0.05, 0.1) is 6.20 Å². The zero-order chi connectivity index (χ0) is 14.5. The van der Waals surface area contributed by atoms with E-state index in [-0.39, 0.29) is 11.9 Å². The average Bonchev–Trinajstić information content (AvgIpc) is 2.80. The van der Waals surface area contributed by atoms with Gasteiger partial charge in [0.15, 0.2) is 0 Å². The van der Waals surface area contributed by atoms with E-state index in [0.29, 0.717) is 17.0 Å². The maximum absolute atomic E-state index is 13.9. The Morgan fingerprint density at radius 3 is 2.80 bits per heavy atom. The van der Waals surface area contributed by atoms with E-state index in [9.17, 15) is 4.39 Å². The molecule has 5 heteroatoms. The number of rotatable bonds is 6. The number of likely N-dealkylation sites (N-methyl/N-ethyl adjacent to an activating group) is 1. The van der Waals surface area contributed by atoms with E-state index in [2.05, 4.69) is 10.4 Å². The van der Waals surface area contributed by atoms with Gasteiger partial charge >= 0.3 is 0 Å². The van der Waals surface area contributed by atoms with Crippen LogP contribution in [0.2, 0.25) is 5.02 Å². The van der Waals surface area contributed by atoms with Gasteiger partial charge in [-0.1, -0.05) is 24.6 Å². The van der Waals surface area contributed by atoms with E-state index in [1.807, 2.05) is 26.4 Å².